The molecular formula is C15H12F2N2O3S. The van der Waals surface area contributed by atoms with Crippen LogP contribution in [0.4, 0.5) is 20.2 Å². The maximum absolute atomic E-state index is 13.6. The van der Waals surface area contributed by atoms with Crippen molar-refractivity contribution in [2.45, 2.75) is 17.7 Å². The predicted molar refractivity (Wildman–Crippen MR) is 80.6 cm³/mol. The molecule has 1 amide bonds. The molecule has 2 aromatic carbocycles. The highest BCUT2D eigenvalue weighted by Gasteiger charge is 2.21. The van der Waals surface area contributed by atoms with E-state index in [0.29, 0.717) is 23.7 Å². The molecule has 0 fully saturated rings. The Labute approximate surface area is 131 Å². The molecule has 0 saturated carbocycles. The molecule has 120 valence electrons. The largest absolute Gasteiger partial charge is 0.326 e. The van der Waals surface area contributed by atoms with Crippen molar-refractivity contribution in [2.75, 3.05) is 10.0 Å². The van der Waals surface area contributed by atoms with Crippen LogP contribution in [0.2, 0.25) is 0 Å². The number of hydrogen-bond donors (Lipinski definition) is 2. The van der Waals surface area contributed by atoms with Gasteiger partial charge in [-0.1, -0.05) is 0 Å². The third-order valence-electron chi connectivity index (χ3n) is 3.46. The lowest BCUT2D eigenvalue weighted by molar-refractivity contribution is -0.116. The lowest BCUT2D eigenvalue weighted by atomic mass is 10.0. The van der Waals surface area contributed by atoms with E-state index < -0.39 is 21.7 Å². The highest BCUT2D eigenvalue weighted by molar-refractivity contribution is 7.92. The van der Waals surface area contributed by atoms with Crippen LogP contribution >= 0.6 is 0 Å². The first-order valence-electron chi connectivity index (χ1n) is 6.76. The van der Waals surface area contributed by atoms with E-state index in [-0.39, 0.29) is 22.9 Å². The molecule has 0 radical (unpaired) electrons. The summed E-state index contributed by atoms with van der Waals surface area (Å²) in [5, 5.41) is 2.65. The molecule has 23 heavy (non-hydrogen) atoms. The van der Waals surface area contributed by atoms with Gasteiger partial charge in [0.05, 0.1) is 10.6 Å². The highest BCUT2D eigenvalue weighted by atomic mass is 32.2. The van der Waals surface area contributed by atoms with Gasteiger partial charge in [0.1, 0.15) is 11.6 Å². The summed E-state index contributed by atoms with van der Waals surface area (Å²) in [6.45, 7) is 0. The molecule has 1 aliphatic heterocycles. The van der Waals surface area contributed by atoms with Crippen LogP contribution in [-0.2, 0) is 21.2 Å². The van der Waals surface area contributed by atoms with Crippen LogP contribution in [0.1, 0.15) is 12.0 Å². The van der Waals surface area contributed by atoms with Crippen molar-refractivity contribution in [1.82, 2.24) is 0 Å². The normalized spacial score (nSPS) is 14.1. The van der Waals surface area contributed by atoms with Gasteiger partial charge < -0.3 is 5.32 Å². The van der Waals surface area contributed by atoms with Gasteiger partial charge in [-0.05, 0) is 42.3 Å². The van der Waals surface area contributed by atoms with Crippen LogP contribution in [0.3, 0.4) is 0 Å². The standard InChI is InChI=1S/C15H12F2N2O3S/c16-10-2-4-14(12(17)8-10)19-23(21,22)11-3-5-13-9(7-11)1-6-15(20)18-13/h2-5,7-8,19H,1,6H2,(H,18,20). The van der Waals surface area contributed by atoms with E-state index in [0.717, 1.165) is 12.1 Å². The summed E-state index contributed by atoms with van der Waals surface area (Å²) in [5.74, 6) is -1.92. The van der Waals surface area contributed by atoms with Gasteiger partial charge in [-0.25, -0.2) is 17.2 Å². The first-order chi connectivity index (χ1) is 10.8. The fourth-order valence-corrected chi connectivity index (χ4v) is 3.42. The average Bonchev–Trinajstić information content (AvgIpc) is 2.49. The van der Waals surface area contributed by atoms with Crippen LogP contribution in [0.5, 0.6) is 0 Å². The van der Waals surface area contributed by atoms with Crippen molar-refractivity contribution < 1.29 is 22.0 Å². The van der Waals surface area contributed by atoms with Crippen molar-refractivity contribution in [3.63, 3.8) is 0 Å². The zero-order chi connectivity index (χ0) is 16.6. The number of carbonyl (C=O) groups excluding carboxylic acids is 1. The third kappa shape index (κ3) is 3.16. The van der Waals surface area contributed by atoms with Crippen molar-refractivity contribution in [1.29, 1.82) is 0 Å². The Morgan fingerprint density at radius 2 is 1.83 bits per heavy atom. The van der Waals surface area contributed by atoms with Crippen LogP contribution in [0.25, 0.3) is 0 Å². The van der Waals surface area contributed by atoms with Crippen molar-refractivity contribution in [3.8, 4) is 0 Å². The summed E-state index contributed by atoms with van der Waals surface area (Å²) in [7, 11) is -4.02. The lowest BCUT2D eigenvalue weighted by Gasteiger charge is -2.18. The molecule has 8 heteroatoms. The summed E-state index contributed by atoms with van der Waals surface area (Å²) in [6.07, 6.45) is 0.700. The third-order valence-corrected chi connectivity index (χ3v) is 4.82. The smallest absolute Gasteiger partial charge is 0.261 e. The first-order valence-corrected chi connectivity index (χ1v) is 8.24. The molecule has 0 aromatic heterocycles. The van der Waals surface area contributed by atoms with Gasteiger partial charge >= 0.3 is 0 Å². The molecule has 5 nitrogen and oxygen atoms in total. The zero-order valence-corrected chi connectivity index (χ0v) is 12.6. The fourth-order valence-electron chi connectivity index (χ4n) is 2.30. The Hall–Kier alpha value is -2.48. The Kier molecular flexibility index (Phi) is 3.77. The molecule has 3 rings (SSSR count). The minimum absolute atomic E-state index is 0.0591. The summed E-state index contributed by atoms with van der Waals surface area (Å²) >= 11 is 0. The molecule has 0 bridgehead atoms. The minimum atomic E-state index is -4.02. The number of fused-ring (bicyclic) bond motifs is 1. The molecule has 0 unspecified atom stereocenters. The van der Waals surface area contributed by atoms with Crippen LogP contribution in [0, 0.1) is 11.6 Å². The van der Waals surface area contributed by atoms with Crippen molar-refractivity contribution >= 4 is 27.3 Å². The zero-order valence-electron chi connectivity index (χ0n) is 11.8. The molecule has 2 aromatic rings. The molecular weight excluding hydrogens is 326 g/mol. The highest BCUT2D eigenvalue weighted by Crippen LogP contribution is 2.27. The van der Waals surface area contributed by atoms with Gasteiger partial charge in [-0.15, -0.1) is 0 Å². The van der Waals surface area contributed by atoms with Crippen molar-refractivity contribution in [2.24, 2.45) is 0 Å². The Morgan fingerprint density at radius 3 is 2.57 bits per heavy atom. The number of hydrogen-bond acceptors (Lipinski definition) is 3. The number of rotatable bonds is 3. The molecule has 0 saturated heterocycles. The molecule has 0 aliphatic carbocycles. The maximum Gasteiger partial charge on any atom is 0.261 e. The van der Waals surface area contributed by atoms with E-state index in [1.54, 1.807) is 0 Å². The Balaban J connectivity index is 1.92. The number of carbonyl (C=O) groups is 1. The molecule has 0 spiro atoms. The van der Waals surface area contributed by atoms with Crippen LogP contribution in [0.15, 0.2) is 41.3 Å². The molecule has 0 atom stereocenters. The summed E-state index contributed by atoms with van der Waals surface area (Å²) < 4.78 is 53.2. The second-order valence-electron chi connectivity index (χ2n) is 5.10. The maximum atomic E-state index is 13.6. The van der Waals surface area contributed by atoms with Gasteiger partial charge in [0, 0.05) is 18.2 Å². The fraction of sp³-hybridized carbons (Fsp3) is 0.133. The molecule has 1 aliphatic rings. The number of benzene rings is 2. The first kappa shape index (κ1) is 15.4. The van der Waals surface area contributed by atoms with E-state index in [9.17, 15) is 22.0 Å². The van der Waals surface area contributed by atoms with Crippen LogP contribution in [-0.4, -0.2) is 14.3 Å². The number of halogens is 2. The Morgan fingerprint density at radius 1 is 1.04 bits per heavy atom. The number of nitrogens with one attached hydrogen (secondary N) is 2. The minimum Gasteiger partial charge on any atom is -0.326 e. The van der Waals surface area contributed by atoms with Gasteiger partial charge in [0.25, 0.3) is 10.0 Å². The number of aryl methyl sites for hydroxylation is 1. The number of amides is 1. The lowest BCUT2D eigenvalue weighted by Crippen LogP contribution is -2.20. The van der Waals surface area contributed by atoms with Gasteiger partial charge in [0.15, 0.2) is 0 Å². The SMILES string of the molecule is O=C1CCc2cc(S(=O)(=O)Nc3ccc(F)cc3F)ccc2N1. The molecule has 2 N–H and O–H groups in total. The summed E-state index contributed by atoms with van der Waals surface area (Å²) in [6, 6.07) is 6.80. The summed E-state index contributed by atoms with van der Waals surface area (Å²) in [5.41, 5.74) is 0.914. The van der Waals surface area contributed by atoms with Crippen LogP contribution < -0.4 is 10.0 Å². The van der Waals surface area contributed by atoms with E-state index in [2.05, 4.69) is 10.0 Å². The second kappa shape index (κ2) is 5.62. The topological polar surface area (TPSA) is 75.3 Å². The van der Waals surface area contributed by atoms with E-state index >= 15 is 0 Å². The average molecular weight is 338 g/mol. The Bertz CT molecular complexity index is 898. The van der Waals surface area contributed by atoms with Crippen molar-refractivity contribution in [3.05, 3.63) is 53.6 Å². The number of anilines is 2. The predicted octanol–water partition coefficient (Wildman–Crippen LogP) is 2.65. The second-order valence-corrected chi connectivity index (χ2v) is 6.78. The van der Waals surface area contributed by atoms with Gasteiger partial charge in [0.2, 0.25) is 5.91 Å². The van der Waals surface area contributed by atoms with Gasteiger partial charge in [-0.2, -0.15) is 0 Å². The van der Waals surface area contributed by atoms with E-state index in [1.165, 1.54) is 18.2 Å². The summed E-state index contributed by atoms with van der Waals surface area (Å²) in [4.78, 5) is 11.2. The monoisotopic (exact) mass is 338 g/mol. The van der Waals surface area contributed by atoms with Gasteiger partial charge in [-0.3, -0.25) is 9.52 Å². The number of sulfonamides is 1. The van der Waals surface area contributed by atoms with E-state index in [1.807, 2.05) is 0 Å². The quantitative estimate of drug-likeness (QED) is 0.903. The van der Waals surface area contributed by atoms with E-state index in [4.69, 9.17) is 0 Å². The molecule has 1 heterocycles.